The first-order chi connectivity index (χ1) is 15.1. The molecule has 3 rings (SSSR count). The number of carbonyl (C=O) groups excluding carboxylic acids is 2. The number of amides is 2. The molecule has 1 aliphatic heterocycles. The van der Waals surface area contributed by atoms with E-state index in [1.54, 1.807) is 52.1 Å². The number of aromatic nitrogens is 1. The molecule has 0 spiro atoms. The van der Waals surface area contributed by atoms with E-state index in [1.165, 1.54) is 11.1 Å². The first-order valence-electron chi connectivity index (χ1n) is 10.2. The predicted molar refractivity (Wildman–Crippen MR) is 116 cm³/mol. The number of benzene rings is 1. The summed E-state index contributed by atoms with van der Waals surface area (Å²) in [5.41, 5.74) is 0.837. The summed E-state index contributed by atoms with van der Waals surface area (Å²) in [6.45, 7) is 5.54. The zero-order valence-corrected chi connectivity index (χ0v) is 18.5. The molecule has 0 saturated carbocycles. The minimum atomic E-state index is -1.07. The third kappa shape index (κ3) is 5.54. The Balaban J connectivity index is 1.86. The third-order valence-corrected chi connectivity index (χ3v) is 4.96. The van der Waals surface area contributed by atoms with Crippen LogP contribution in [-0.2, 0) is 27.3 Å². The van der Waals surface area contributed by atoms with Crippen LogP contribution < -0.4 is 15.0 Å². The number of aliphatic carboxylic acids is 1. The Hall–Kier alpha value is -3.62. The third-order valence-electron chi connectivity index (χ3n) is 4.96. The molecule has 32 heavy (non-hydrogen) atoms. The molecule has 2 aromatic rings. The second-order valence-corrected chi connectivity index (χ2v) is 8.57. The topological polar surface area (TPSA) is 118 Å². The van der Waals surface area contributed by atoms with Crippen LogP contribution in [0.15, 0.2) is 42.6 Å². The highest BCUT2D eigenvalue weighted by Crippen LogP contribution is 2.25. The van der Waals surface area contributed by atoms with Crippen molar-refractivity contribution < 1.29 is 29.0 Å². The molecular weight excluding hydrogens is 414 g/mol. The van der Waals surface area contributed by atoms with E-state index in [2.05, 4.69) is 10.3 Å². The predicted octanol–water partition coefficient (Wildman–Crippen LogP) is 2.77. The summed E-state index contributed by atoms with van der Waals surface area (Å²) < 4.78 is 10.8. The number of nitrogens with zero attached hydrogens (tertiary/aromatic N) is 2. The van der Waals surface area contributed by atoms with Gasteiger partial charge in [-0.2, -0.15) is 0 Å². The fourth-order valence-corrected chi connectivity index (χ4v) is 3.32. The molecule has 0 aliphatic carbocycles. The number of nitrogens with one attached hydrogen (secondary N) is 1. The number of β-lactam (4-membered cyclic amide) rings is 1. The molecule has 0 radical (unpaired) electrons. The van der Waals surface area contributed by atoms with Crippen LogP contribution in [0.25, 0.3) is 0 Å². The highest BCUT2D eigenvalue weighted by atomic mass is 16.6. The van der Waals surface area contributed by atoms with E-state index in [9.17, 15) is 19.5 Å². The fourth-order valence-electron chi connectivity index (χ4n) is 3.32. The van der Waals surface area contributed by atoms with Crippen molar-refractivity contribution in [3.05, 3.63) is 53.7 Å². The zero-order valence-electron chi connectivity index (χ0n) is 18.5. The van der Waals surface area contributed by atoms with Gasteiger partial charge in [0.05, 0.1) is 19.6 Å². The summed E-state index contributed by atoms with van der Waals surface area (Å²) in [6.07, 6.45) is 1.19. The zero-order chi connectivity index (χ0) is 23.5. The number of carboxylic acids is 1. The van der Waals surface area contributed by atoms with Crippen molar-refractivity contribution in [1.29, 1.82) is 0 Å². The van der Waals surface area contributed by atoms with Crippen molar-refractivity contribution in [3.63, 3.8) is 0 Å². The lowest BCUT2D eigenvalue weighted by Gasteiger charge is -2.33. The number of pyridine rings is 1. The highest BCUT2D eigenvalue weighted by Gasteiger charge is 2.44. The lowest BCUT2D eigenvalue weighted by Crippen LogP contribution is -2.62. The lowest BCUT2D eigenvalue weighted by molar-refractivity contribution is -0.153. The van der Waals surface area contributed by atoms with Gasteiger partial charge in [0.2, 0.25) is 5.91 Å². The highest BCUT2D eigenvalue weighted by molar-refractivity contribution is 5.96. The maximum Gasteiger partial charge on any atom is 0.416 e. The van der Waals surface area contributed by atoms with Crippen molar-refractivity contribution in [1.82, 2.24) is 10.3 Å². The van der Waals surface area contributed by atoms with E-state index >= 15 is 0 Å². The normalized spacial score (nSPS) is 17.7. The summed E-state index contributed by atoms with van der Waals surface area (Å²) >= 11 is 0. The van der Waals surface area contributed by atoms with Crippen LogP contribution in [0.1, 0.15) is 31.9 Å². The Bertz CT molecular complexity index is 1000. The number of carboxylic acid groups (broad SMARTS) is 1. The van der Waals surface area contributed by atoms with Gasteiger partial charge >= 0.3 is 12.1 Å². The summed E-state index contributed by atoms with van der Waals surface area (Å²) in [4.78, 5) is 41.8. The molecule has 170 valence electrons. The Morgan fingerprint density at radius 1 is 1.16 bits per heavy atom. The number of hydrogen-bond donors (Lipinski definition) is 2. The molecular formula is C23H27N3O6. The van der Waals surface area contributed by atoms with Crippen molar-refractivity contribution in [2.45, 2.75) is 45.4 Å². The first kappa shape index (κ1) is 23.1. The smallest absolute Gasteiger partial charge is 0.416 e. The van der Waals surface area contributed by atoms with Gasteiger partial charge in [-0.05, 0) is 62.6 Å². The monoisotopic (exact) mass is 441 g/mol. The molecule has 0 bridgehead atoms. The lowest BCUT2D eigenvalue weighted by atomic mass is 9.85. The molecule has 1 fully saturated rings. The van der Waals surface area contributed by atoms with E-state index in [-0.39, 0.29) is 18.9 Å². The average molecular weight is 441 g/mol. The second-order valence-electron chi connectivity index (χ2n) is 8.57. The molecule has 2 amide bonds. The van der Waals surface area contributed by atoms with E-state index in [0.29, 0.717) is 17.1 Å². The van der Waals surface area contributed by atoms with Gasteiger partial charge in [-0.15, -0.1) is 0 Å². The molecule has 1 aromatic carbocycles. The van der Waals surface area contributed by atoms with Gasteiger partial charge in [0.15, 0.2) is 0 Å². The summed E-state index contributed by atoms with van der Waals surface area (Å²) in [5, 5.41) is 11.6. The van der Waals surface area contributed by atoms with Crippen LogP contribution in [0.3, 0.4) is 0 Å². The summed E-state index contributed by atoms with van der Waals surface area (Å²) in [7, 11) is 1.58. The van der Waals surface area contributed by atoms with E-state index in [0.717, 1.165) is 5.56 Å². The Morgan fingerprint density at radius 2 is 1.84 bits per heavy atom. The molecule has 9 heteroatoms. The van der Waals surface area contributed by atoms with Crippen LogP contribution in [0, 0.1) is 5.92 Å². The van der Waals surface area contributed by atoms with Crippen molar-refractivity contribution in [2.24, 2.45) is 5.92 Å². The van der Waals surface area contributed by atoms with E-state index in [1.807, 2.05) is 12.1 Å². The number of hydrogen-bond acceptors (Lipinski definition) is 6. The number of methoxy groups -OCH3 is 1. The van der Waals surface area contributed by atoms with Crippen LogP contribution in [0.2, 0.25) is 0 Å². The molecule has 2 N–H and O–H groups in total. The van der Waals surface area contributed by atoms with Crippen molar-refractivity contribution in [2.75, 3.05) is 12.0 Å². The van der Waals surface area contributed by atoms with Crippen LogP contribution >= 0.6 is 0 Å². The maximum absolute atomic E-state index is 13.0. The van der Waals surface area contributed by atoms with Crippen molar-refractivity contribution >= 4 is 23.8 Å². The average Bonchev–Trinajstić information content (AvgIpc) is 2.73. The largest absolute Gasteiger partial charge is 0.497 e. The molecule has 1 saturated heterocycles. The summed E-state index contributed by atoms with van der Waals surface area (Å²) in [6, 6.07) is 9.75. The fraction of sp³-hybridized carbons (Fsp3) is 0.391. The molecule has 2 unspecified atom stereocenters. The van der Waals surface area contributed by atoms with Crippen LogP contribution in [0.5, 0.6) is 5.75 Å². The SMILES string of the molecule is COc1ccc(CN(C(=O)OC(C)(C)C)c2cc(CC3C(=O)NC3C(=O)O)ccn2)cc1. The number of ether oxygens (including phenoxy) is 2. The van der Waals surface area contributed by atoms with Gasteiger partial charge < -0.3 is 19.9 Å². The van der Waals surface area contributed by atoms with E-state index in [4.69, 9.17) is 9.47 Å². The van der Waals surface area contributed by atoms with Gasteiger partial charge in [0.1, 0.15) is 23.2 Å². The Labute approximate surface area is 186 Å². The van der Waals surface area contributed by atoms with Crippen molar-refractivity contribution in [3.8, 4) is 5.75 Å². The van der Waals surface area contributed by atoms with Gasteiger partial charge in [-0.25, -0.2) is 14.6 Å². The van der Waals surface area contributed by atoms with Gasteiger partial charge in [0, 0.05) is 6.20 Å². The molecule has 1 aromatic heterocycles. The van der Waals surface area contributed by atoms with Gasteiger partial charge in [0.25, 0.3) is 0 Å². The number of rotatable bonds is 7. The maximum atomic E-state index is 13.0. The summed E-state index contributed by atoms with van der Waals surface area (Å²) in [5.74, 6) is -1.00. The number of carbonyl (C=O) groups is 3. The Kier molecular flexibility index (Phi) is 6.67. The quantitative estimate of drug-likeness (QED) is 0.634. The van der Waals surface area contributed by atoms with Gasteiger partial charge in [-0.3, -0.25) is 9.69 Å². The second kappa shape index (κ2) is 9.25. The first-order valence-corrected chi connectivity index (χ1v) is 10.2. The van der Waals surface area contributed by atoms with E-state index < -0.39 is 29.6 Å². The van der Waals surface area contributed by atoms with Crippen LogP contribution in [-0.4, -0.2) is 46.8 Å². The Morgan fingerprint density at radius 3 is 2.41 bits per heavy atom. The number of anilines is 1. The minimum Gasteiger partial charge on any atom is -0.497 e. The molecule has 2 atom stereocenters. The minimum absolute atomic E-state index is 0.205. The standard InChI is InChI=1S/C23H27N3O6/c1-23(2,3)32-22(30)26(13-14-5-7-16(31-4)8-6-14)18-12-15(9-10-24-18)11-17-19(21(28)29)25-20(17)27/h5-10,12,17,19H,11,13H2,1-4H3,(H,25,27)(H,28,29). The van der Waals surface area contributed by atoms with Crippen LogP contribution in [0.4, 0.5) is 10.6 Å². The molecule has 2 heterocycles. The molecule has 9 nitrogen and oxygen atoms in total. The van der Waals surface area contributed by atoms with Gasteiger partial charge in [-0.1, -0.05) is 12.1 Å². The molecule has 1 aliphatic rings.